The van der Waals surface area contributed by atoms with Crippen LogP contribution in [0.3, 0.4) is 0 Å². The molecule has 0 radical (unpaired) electrons. The lowest BCUT2D eigenvalue weighted by atomic mass is 9.98. The number of aryl methyl sites for hydroxylation is 1. The van der Waals surface area contributed by atoms with Gasteiger partial charge in [0.05, 0.1) is 11.9 Å². The van der Waals surface area contributed by atoms with Crippen LogP contribution in [0.5, 0.6) is 0 Å². The van der Waals surface area contributed by atoms with Crippen molar-refractivity contribution in [2.24, 2.45) is 13.0 Å². The summed E-state index contributed by atoms with van der Waals surface area (Å²) >= 11 is 0. The predicted molar refractivity (Wildman–Crippen MR) is 54.2 cm³/mol. The van der Waals surface area contributed by atoms with Crippen LogP contribution in [0.4, 0.5) is 5.69 Å². The number of aromatic nitrogens is 2. The minimum Gasteiger partial charge on any atom is -0.368 e. The van der Waals surface area contributed by atoms with E-state index in [9.17, 15) is 4.79 Å². The molecule has 1 atom stereocenters. The summed E-state index contributed by atoms with van der Waals surface area (Å²) in [4.78, 5) is 13.5. The van der Waals surface area contributed by atoms with Gasteiger partial charge >= 0.3 is 0 Å². The van der Waals surface area contributed by atoms with Gasteiger partial charge in [0.15, 0.2) is 0 Å². The third kappa shape index (κ3) is 1.64. The van der Waals surface area contributed by atoms with Gasteiger partial charge in [-0.1, -0.05) is 6.92 Å². The van der Waals surface area contributed by atoms with Crippen molar-refractivity contribution in [3.05, 3.63) is 12.4 Å². The molecule has 0 aromatic carbocycles. The van der Waals surface area contributed by atoms with Gasteiger partial charge in [0.25, 0.3) is 0 Å². The Kier molecular flexibility index (Phi) is 2.27. The number of carbonyl (C=O) groups excluding carboxylic acids is 1. The van der Waals surface area contributed by atoms with Crippen molar-refractivity contribution in [3.63, 3.8) is 0 Å². The van der Waals surface area contributed by atoms with Crippen LogP contribution in [-0.4, -0.2) is 28.7 Å². The van der Waals surface area contributed by atoms with Crippen molar-refractivity contribution in [3.8, 4) is 0 Å². The molecule has 1 aromatic heterocycles. The maximum atomic E-state index is 11.3. The van der Waals surface area contributed by atoms with E-state index >= 15 is 0 Å². The van der Waals surface area contributed by atoms with E-state index in [0.29, 0.717) is 12.2 Å². The fraction of sp³-hybridized carbons (Fsp3) is 0.600. The highest BCUT2D eigenvalue weighted by molar-refractivity contribution is 5.83. The lowest BCUT2D eigenvalue weighted by Gasteiger charge is -2.30. The molecular weight excluding hydrogens is 178 g/mol. The SMILES string of the molecule is CC1CN(c2cnn(C)c2)CCC1=O. The Labute approximate surface area is 83.5 Å². The molecule has 76 valence electrons. The largest absolute Gasteiger partial charge is 0.368 e. The second-order valence-corrected chi connectivity index (χ2v) is 3.94. The van der Waals surface area contributed by atoms with Crippen molar-refractivity contribution in [2.75, 3.05) is 18.0 Å². The Morgan fingerprint density at radius 2 is 2.36 bits per heavy atom. The molecule has 1 unspecified atom stereocenters. The highest BCUT2D eigenvalue weighted by atomic mass is 16.1. The number of Topliss-reactive ketones (excluding diaryl/α,β-unsaturated/α-hetero) is 1. The van der Waals surface area contributed by atoms with Gasteiger partial charge in [-0.25, -0.2) is 0 Å². The van der Waals surface area contributed by atoms with E-state index in [4.69, 9.17) is 0 Å². The average molecular weight is 193 g/mol. The second-order valence-electron chi connectivity index (χ2n) is 3.94. The zero-order valence-electron chi connectivity index (χ0n) is 8.60. The molecule has 1 saturated heterocycles. The van der Waals surface area contributed by atoms with E-state index in [1.165, 1.54) is 0 Å². The first-order chi connectivity index (χ1) is 6.66. The smallest absolute Gasteiger partial charge is 0.139 e. The van der Waals surface area contributed by atoms with Crippen molar-refractivity contribution in [1.29, 1.82) is 0 Å². The number of nitrogens with zero attached hydrogens (tertiary/aromatic N) is 3. The number of hydrogen-bond donors (Lipinski definition) is 0. The highest BCUT2D eigenvalue weighted by Gasteiger charge is 2.23. The van der Waals surface area contributed by atoms with E-state index in [2.05, 4.69) is 10.00 Å². The van der Waals surface area contributed by atoms with Crippen LogP contribution in [0, 0.1) is 5.92 Å². The van der Waals surface area contributed by atoms with Crippen molar-refractivity contribution >= 4 is 11.5 Å². The molecule has 0 aliphatic carbocycles. The van der Waals surface area contributed by atoms with Crippen LogP contribution >= 0.6 is 0 Å². The first-order valence-electron chi connectivity index (χ1n) is 4.93. The van der Waals surface area contributed by atoms with Crippen LogP contribution < -0.4 is 4.90 Å². The molecule has 4 heteroatoms. The molecule has 0 amide bonds. The van der Waals surface area contributed by atoms with Gasteiger partial charge in [0.1, 0.15) is 5.78 Å². The zero-order valence-corrected chi connectivity index (χ0v) is 8.60. The first-order valence-corrected chi connectivity index (χ1v) is 4.93. The van der Waals surface area contributed by atoms with E-state index in [1.54, 1.807) is 4.68 Å². The van der Waals surface area contributed by atoms with Crippen molar-refractivity contribution in [1.82, 2.24) is 9.78 Å². The molecule has 1 aliphatic rings. The molecule has 1 aliphatic heterocycles. The van der Waals surface area contributed by atoms with Crippen LogP contribution in [0.1, 0.15) is 13.3 Å². The average Bonchev–Trinajstić information content (AvgIpc) is 2.57. The quantitative estimate of drug-likeness (QED) is 0.663. The molecule has 2 rings (SSSR count). The zero-order chi connectivity index (χ0) is 10.1. The minimum absolute atomic E-state index is 0.156. The second kappa shape index (κ2) is 3.44. The summed E-state index contributed by atoms with van der Waals surface area (Å²) < 4.78 is 1.79. The number of rotatable bonds is 1. The van der Waals surface area contributed by atoms with Crippen LogP contribution in [0.2, 0.25) is 0 Å². The van der Waals surface area contributed by atoms with Gasteiger partial charge in [-0.05, 0) is 0 Å². The third-order valence-electron chi connectivity index (χ3n) is 2.73. The lowest BCUT2D eigenvalue weighted by Crippen LogP contribution is -2.39. The lowest BCUT2D eigenvalue weighted by molar-refractivity contribution is -0.122. The maximum absolute atomic E-state index is 11.3. The Morgan fingerprint density at radius 3 is 2.93 bits per heavy atom. The fourth-order valence-corrected chi connectivity index (χ4v) is 1.82. The Bertz CT molecular complexity index is 345. The van der Waals surface area contributed by atoms with Crippen molar-refractivity contribution in [2.45, 2.75) is 13.3 Å². The molecule has 0 saturated carbocycles. The predicted octanol–water partition coefficient (Wildman–Crippen LogP) is 0.835. The Hall–Kier alpha value is -1.32. The summed E-state index contributed by atoms with van der Waals surface area (Å²) in [6.45, 7) is 3.64. The number of carbonyl (C=O) groups is 1. The number of anilines is 1. The number of piperidine rings is 1. The first kappa shape index (κ1) is 9.24. The monoisotopic (exact) mass is 193 g/mol. The minimum atomic E-state index is 0.156. The summed E-state index contributed by atoms with van der Waals surface area (Å²) in [5.74, 6) is 0.536. The fourth-order valence-electron chi connectivity index (χ4n) is 1.82. The summed E-state index contributed by atoms with van der Waals surface area (Å²) in [6, 6.07) is 0. The molecule has 0 N–H and O–H groups in total. The van der Waals surface area contributed by atoms with Crippen molar-refractivity contribution < 1.29 is 4.79 Å². The number of ketones is 1. The molecule has 0 spiro atoms. The van der Waals surface area contributed by atoms with Gasteiger partial charge in [-0.2, -0.15) is 5.10 Å². The summed E-state index contributed by atoms with van der Waals surface area (Å²) in [5.41, 5.74) is 1.12. The molecule has 4 nitrogen and oxygen atoms in total. The standard InChI is InChI=1S/C10H15N3O/c1-8-6-13(4-3-10(8)14)9-5-11-12(2)7-9/h5,7-8H,3-4,6H2,1-2H3. The molecule has 1 aromatic rings. The van der Waals surface area contributed by atoms with E-state index in [-0.39, 0.29) is 5.92 Å². The maximum Gasteiger partial charge on any atom is 0.139 e. The van der Waals surface area contributed by atoms with Gasteiger partial charge in [0, 0.05) is 38.7 Å². The van der Waals surface area contributed by atoms with Crippen LogP contribution in [0.25, 0.3) is 0 Å². The summed E-state index contributed by atoms with van der Waals surface area (Å²) in [6.07, 6.45) is 4.50. The molecule has 14 heavy (non-hydrogen) atoms. The molecule has 1 fully saturated rings. The van der Waals surface area contributed by atoms with Gasteiger partial charge in [0.2, 0.25) is 0 Å². The summed E-state index contributed by atoms with van der Waals surface area (Å²) in [5, 5.41) is 4.13. The third-order valence-corrected chi connectivity index (χ3v) is 2.73. The normalized spacial score (nSPS) is 22.9. The van der Waals surface area contributed by atoms with Gasteiger partial charge < -0.3 is 4.90 Å². The van der Waals surface area contributed by atoms with Gasteiger partial charge in [-0.15, -0.1) is 0 Å². The van der Waals surface area contributed by atoms with E-state index in [1.807, 2.05) is 26.4 Å². The number of hydrogen-bond acceptors (Lipinski definition) is 3. The van der Waals surface area contributed by atoms with Crippen LogP contribution in [-0.2, 0) is 11.8 Å². The molecule has 2 heterocycles. The van der Waals surface area contributed by atoms with Crippen LogP contribution in [0.15, 0.2) is 12.4 Å². The summed E-state index contributed by atoms with van der Waals surface area (Å²) in [7, 11) is 1.90. The highest BCUT2D eigenvalue weighted by Crippen LogP contribution is 2.19. The Morgan fingerprint density at radius 1 is 1.57 bits per heavy atom. The molecule has 0 bridgehead atoms. The molecular formula is C10H15N3O. The Balaban J connectivity index is 2.10. The van der Waals surface area contributed by atoms with E-state index in [0.717, 1.165) is 18.8 Å². The topological polar surface area (TPSA) is 38.1 Å². The van der Waals surface area contributed by atoms with E-state index < -0.39 is 0 Å². The van der Waals surface area contributed by atoms with Gasteiger partial charge in [-0.3, -0.25) is 9.48 Å².